The molecule has 1 aliphatic carbocycles. The molecule has 1 aromatic rings. The average Bonchev–Trinajstić information content (AvgIpc) is 2.86. The quantitative estimate of drug-likeness (QED) is 0.613. The molecular formula is C15H20N2O3. The van der Waals surface area contributed by atoms with E-state index in [1.54, 1.807) is 12.1 Å². The summed E-state index contributed by atoms with van der Waals surface area (Å²) in [7, 11) is 0. The number of amides is 1. The Balaban J connectivity index is 2.25. The molecule has 108 valence electrons. The van der Waals surface area contributed by atoms with Gasteiger partial charge in [0.2, 0.25) is 5.91 Å². The number of carbonyl (C=O) groups excluding carboxylic acids is 1. The number of fused-ring (bicyclic) bond motifs is 1. The van der Waals surface area contributed by atoms with E-state index in [4.69, 9.17) is 0 Å². The maximum atomic E-state index is 12.1. The largest absolute Gasteiger partial charge is 0.339 e. The van der Waals surface area contributed by atoms with E-state index in [2.05, 4.69) is 0 Å². The van der Waals surface area contributed by atoms with Gasteiger partial charge in [-0.15, -0.1) is 0 Å². The van der Waals surface area contributed by atoms with Crippen LogP contribution in [0.25, 0.3) is 0 Å². The molecule has 0 N–H and O–H groups in total. The lowest BCUT2D eigenvalue weighted by Crippen LogP contribution is -2.41. The summed E-state index contributed by atoms with van der Waals surface area (Å²) in [6, 6.07) is 5.28. The molecule has 0 heterocycles. The van der Waals surface area contributed by atoms with Crippen LogP contribution in [0.2, 0.25) is 0 Å². The van der Waals surface area contributed by atoms with Crippen LogP contribution in [-0.2, 0) is 17.6 Å². The van der Waals surface area contributed by atoms with Gasteiger partial charge in [0.05, 0.1) is 4.92 Å². The molecule has 5 nitrogen and oxygen atoms in total. The van der Waals surface area contributed by atoms with Gasteiger partial charge in [-0.2, -0.15) is 0 Å². The minimum atomic E-state index is -0.326. The predicted molar refractivity (Wildman–Crippen MR) is 76.6 cm³/mol. The number of nitrogens with zero attached hydrogens (tertiary/aromatic N) is 2. The van der Waals surface area contributed by atoms with Crippen molar-refractivity contribution in [3.05, 3.63) is 39.4 Å². The average molecular weight is 276 g/mol. The molecule has 0 aromatic heterocycles. The van der Waals surface area contributed by atoms with Crippen molar-refractivity contribution in [2.24, 2.45) is 0 Å². The molecule has 1 aromatic carbocycles. The first kappa shape index (κ1) is 14.5. The fraction of sp³-hybridized carbons (Fsp3) is 0.533. The molecule has 0 saturated heterocycles. The predicted octanol–water partition coefficient (Wildman–Crippen LogP) is 2.71. The molecule has 0 spiro atoms. The van der Waals surface area contributed by atoms with Crippen molar-refractivity contribution < 1.29 is 9.72 Å². The van der Waals surface area contributed by atoms with Gasteiger partial charge in [0.15, 0.2) is 0 Å². The number of nitro groups is 1. The number of benzene rings is 1. The summed E-state index contributed by atoms with van der Waals surface area (Å²) >= 11 is 0. The molecule has 5 heteroatoms. The Kier molecular flexibility index (Phi) is 4.37. The van der Waals surface area contributed by atoms with Crippen molar-refractivity contribution in [2.45, 2.75) is 45.6 Å². The molecule has 1 unspecified atom stereocenters. The fourth-order valence-corrected chi connectivity index (χ4v) is 2.96. The Labute approximate surface area is 118 Å². The van der Waals surface area contributed by atoms with Crippen molar-refractivity contribution in [1.82, 2.24) is 4.90 Å². The number of nitro benzene ring substituents is 1. The second kappa shape index (κ2) is 6.03. The Hall–Kier alpha value is -1.91. The summed E-state index contributed by atoms with van der Waals surface area (Å²) in [5.41, 5.74) is 1.99. The summed E-state index contributed by atoms with van der Waals surface area (Å²) in [5, 5.41) is 11.1. The van der Waals surface area contributed by atoms with Gasteiger partial charge in [-0.1, -0.05) is 26.0 Å². The zero-order chi connectivity index (χ0) is 14.7. The Morgan fingerprint density at radius 1 is 1.40 bits per heavy atom. The van der Waals surface area contributed by atoms with Crippen molar-refractivity contribution in [3.8, 4) is 0 Å². The monoisotopic (exact) mass is 276 g/mol. The third kappa shape index (κ3) is 2.66. The normalized spacial score (nSPS) is 16.8. The van der Waals surface area contributed by atoms with E-state index in [-0.39, 0.29) is 22.6 Å². The fourth-order valence-electron chi connectivity index (χ4n) is 2.96. The van der Waals surface area contributed by atoms with Gasteiger partial charge in [0.1, 0.15) is 0 Å². The highest BCUT2D eigenvalue weighted by Gasteiger charge is 2.32. The maximum Gasteiger partial charge on any atom is 0.272 e. The van der Waals surface area contributed by atoms with E-state index in [0.717, 1.165) is 30.5 Å². The molecule has 0 bridgehead atoms. The Morgan fingerprint density at radius 2 is 2.15 bits per heavy atom. The first-order chi connectivity index (χ1) is 9.58. The van der Waals surface area contributed by atoms with E-state index < -0.39 is 0 Å². The smallest absolute Gasteiger partial charge is 0.272 e. The van der Waals surface area contributed by atoms with Gasteiger partial charge in [-0.05, 0) is 18.4 Å². The van der Waals surface area contributed by atoms with Gasteiger partial charge < -0.3 is 4.90 Å². The zero-order valence-corrected chi connectivity index (χ0v) is 12.0. The second-order valence-corrected chi connectivity index (χ2v) is 5.17. The van der Waals surface area contributed by atoms with Crippen molar-refractivity contribution in [2.75, 3.05) is 6.54 Å². The standard InChI is InChI=1S/C15H20N2O3/c1-3-8-16(15(18)4-2)12-9-11-6-5-7-14(17(19)20)13(11)10-12/h5-7,12H,3-4,8-10H2,1-2H3. The summed E-state index contributed by atoms with van der Waals surface area (Å²) < 4.78 is 0. The van der Waals surface area contributed by atoms with Crippen LogP contribution >= 0.6 is 0 Å². The number of rotatable bonds is 5. The molecule has 0 aliphatic heterocycles. The molecule has 0 radical (unpaired) electrons. The van der Waals surface area contributed by atoms with Crippen LogP contribution in [-0.4, -0.2) is 28.3 Å². The number of hydrogen-bond donors (Lipinski definition) is 0. The van der Waals surface area contributed by atoms with Gasteiger partial charge in [0.25, 0.3) is 5.69 Å². The highest BCUT2D eigenvalue weighted by atomic mass is 16.6. The minimum Gasteiger partial charge on any atom is -0.339 e. The summed E-state index contributed by atoms with van der Waals surface area (Å²) in [4.78, 5) is 24.7. The van der Waals surface area contributed by atoms with Crippen molar-refractivity contribution >= 4 is 11.6 Å². The summed E-state index contributed by atoms with van der Waals surface area (Å²) in [6.45, 7) is 4.62. The lowest BCUT2D eigenvalue weighted by atomic mass is 10.1. The molecule has 2 rings (SSSR count). The Bertz CT molecular complexity index is 528. The zero-order valence-electron chi connectivity index (χ0n) is 12.0. The molecule has 20 heavy (non-hydrogen) atoms. The topological polar surface area (TPSA) is 63.5 Å². The van der Waals surface area contributed by atoms with Crippen LogP contribution in [0.15, 0.2) is 18.2 Å². The minimum absolute atomic E-state index is 0.0681. The lowest BCUT2D eigenvalue weighted by Gasteiger charge is -2.28. The highest BCUT2D eigenvalue weighted by molar-refractivity contribution is 5.76. The van der Waals surface area contributed by atoms with Gasteiger partial charge in [-0.25, -0.2) is 0 Å². The van der Waals surface area contributed by atoms with Crippen molar-refractivity contribution in [1.29, 1.82) is 0 Å². The number of carbonyl (C=O) groups is 1. The van der Waals surface area contributed by atoms with Gasteiger partial charge in [0, 0.05) is 37.1 Å². The molecular weight excluding hydrogens is 256 g/mol. The van der Waals surface area contributed by atoms with Crippen LogP contribution < -0.4 is 0 Å². The summed E-state index contributed by atoms with van der Waals surface area (Å²) in [6.07, 6.45) is 2.70. The highest BCUT2D eigenvalue weighted by Crippen LogP contribution is 2.32. The first-order valence-electron chi connectivity index (χ1n) is 7.13. The molecule has 0 saturated carbocycles. The van der Waals surface area contributed by atoms with Crippen LogP contribution in [0.1, 0.15) is 37.8 Å². The third-order valence-electron chi connectivity index (χ3n) is 3.87. The van der Waals surface area contributed by atoms with Gasteiger partial charge >= 0.3 is 0 Å². The Morgan fingerprint density at radius 3 is 2.75 bits per heavy atom. The van der Waals surface area contributed by atoms with Crippen LogP contribution in [0.5, 0.6) is 0 Å². The molecule has 1 atom stereocenters. The molecule has 1 amide bonds. The van der Waals surface area contributed by atoms with Crippen LogP contribution in [0, 0.1) is 10.1 Å². The first-order valence-corrected chi connectivity index (χ1v) is 7.13. The van der Waals surface area contributed by atoms with E-state index >= 15 is 0 Å². The maximum absolute atomic E-state index is 12.1. The second-order valence-electron chi connectivity index (χ2n) is 5.17. The van der Waals surface area contributed by atoms with E-state index in [0.29, 0.717) is 12.8 Å². The third-order valence-corrected chi connectivity index (χ3v) is 3.87. The number of hydrogen-bond acceptors (Lipinski definition) is 3. The van der Waals surface area contributed by atoms with Crippen molar-refractivity contribution in [3.63, 3.8) is 0 Å². The summed E-state index contributed by atoms with van der Waals surface area (Å²) in [5.74, 6) is 0.132. The molecule has 0 fully saturated rings. The van der Waals surface area contributed by atoms with Crippen LogP contribution in [0.3, 0.4) is 0 Å². The van der Waals surface area contributed by atoms with Crippen LogP contribution in [0.4, 0.5) is 5.69 Å². The van der Waals surface area contributed by atoms with E-state index in [1.165, 1.54) is 0 Å². The van der Waals surface area contributed by atoms with Gasteiger partial charge in [-0.3, -0.25) is 14.9 Å². The lowest BCUT2D eigenvalue weighted by molar-refractivity contribution is -0.385. The molecule has 1 aliphatic rings. The van der Waals surface area contributed by atoms with E-state index in [1.807, 2.05) is 24.8 Å². The van der Waals surface area contributed by atoms with E-state index in [9.17, 15) is 14.9 Å². The SMILES string of the molecule is CCCN(C(=O)CC)C1Cc2cccc([N+](=O)[O-])c2C1.